The molecule has 1 aliphatic carbocycles. The molecule has 0 radical (unpaired) electrons. The minimum atomic E-state index is -0.619. The summed E-state index contributed by atoms with van der Waals surface area (Å²) in [6.07, 6.45) is 5.68. The van der Waals surface area contributed by atoms with Crippen LogP contribution >= 0.6 is 11.5 Å². The Labute approximate surface area is 164 Å². The molecule has 1 saturated carbocycles. The maximum Gasteiger partial charge on any atom is 0.412 e. The normalized spacial score (nSPS) is 21.4. The van der Waals surface area contributed by atoms with Gasteiger partial charge in [0.2, 0.25) is 0 Å². The highest BCUT2D eigenvalue weighted by atomic mass is 32.1. The summed E-state index contributed by atoms with van der Waals surface area (Å²) in [6.45, 7) is 8.36. The third kappa shape index (κ3) is 5.87. The number of hydrogen-bond acceptors (Lipinski definition) is 7. The summed E-state index contributed by atoms with van der Waals surface area (Å²) < 4.78 is 9.02. The smallest absolute Gasteiger partial charge is 0.412 e. The van der Waals surface area contributed by atoms with Gasteiger partial charge in [0.25, 0.3) is 5.91 Å². The van der Waals surface area contributed by atoms with Crippen molar-refractivity contribution >= 4 is 28.5 Å². The Kier molecular flexibility index (Phi) is 6.31. The number of carbonyl (C=O) groups excluding carboxylic acids is 2. The van der Waals surface area contributed by atoms with Crippen LogP contribution in [0.2, 0.25) is 0 Å². The summed E-state index contributed by atoms with van der Waals surface area (Å²) >= 11 is 0.968. The van der Waals surface area contributed by atoms with E-state index < -0.39 is 11.7 Å². The molecule has 0 spiro atoms. The molecule has 0 unspecified atom stereocenters. The van der Waals surface area contributed by atoms with Crippen molar-refractivity contribution in [1.29, 1.82) is 0 Å². The first kappa shape index (κ1) is 20.0. The Morgan fingerprint density at radius 1 is 1.26 bits per heavy atom. The van der Waals surface area contributed by atoms with Crippen molar-refractivity contribution in [2.45, 2.75) is 64.5 Å². The Hall–Kier alpha value is -1.74. The second-order valence-electron chi connectivity index (χ2n) is 8.45. The summed E-state index contributed by atoms with van der Waals surface area (Å²) in [7, 11) is 0. The fourth-order valence-electron chi connectivity index (χ4n) is 3.75. The predicted molar refractivity (Wildman–Crippen MR) is 104 cm³/mol. The Bertz CT molecular complexity index is 666. The third-order valence-electron chi connectivity index (χ3n) is 4.92. The molecule has 1 aromatic heterocycles. The first-order valence-electron chi connectivity index (χ1n) is 9.66. The van der Waals surface area contributed by atoms with Crippen molar-refractivity contribution in [2.24, 2.45) is 5.92 Å². The van der Waals surface area contributed by atoms with E-state index in [1.54, 1.807) is 20.8 Å². The van der Waals surface area contributed by atoms with Crippen molar-refractivity contribution in [3.05, 3.63) is 5.69 Å². The number of aromatic nitrogens is 2. The molecule has 150 valence electrons. The van der Waals surface area contributed by atoms with Crippen LogP contribution in [0.15, 0.2) is 0 Å². The fourth-order valence-corrected chi connectivity index (χ4v) is 4.30. The maximum absolute atomic E-state index is 12.6. The molecule has 2 aliphatic rings. The molecule has 1 atom stereocenters. The number of nitrogens with one attached hydrogen (secondary N) is 2. The van der Waals surface area contributed by atoms with Crippen LogP contribution in [0.1, 0.15) is 63.4 Å². The average molecular weight is 396 g/mol. The third-order valence-corrected chi connectivity index (χ3v) is 5.56. The zero-order valence-electron chi connectivity index (χ0n) is 16.3. The summed E-state index contributed by atoms with van der Waals surface area (Å²) in [6, 6.07) is 0.106. The topological polar surface area (TPSA) is 96.5 Å². The summed E-state index contributed by atoms with van der Waals surface area (Å²) in [5.41, 5.74) is -0.475. The quantitative estimate of drug-likeness (QED) is 0.796. The number of amides is 2. The molecule has 3 rings (SSSR count). The van der Waals surface area contributed by atoms with Gasteiger partial charge in [-0.1, -0.05) is 17.3 Å². The molecule has 1 aliphatic heterocycles. The number of ether oxygens (including phenoxy) is 1. The lowest BCUT2D eigenvalue weighted by Crippen LogP contribution is -2.38. The first-order chi connectivity index (χ1) is 12.8. The Balaban J connectivity index is 1.50. The van der Waals surface area contributed by atoms with Gasteiger partial charge in [-0.25, -0.2) is 4.79 Å². The number of rotatable bonds is 5. The first-order valence-corrected chi connectivity index (χ1v) is 10.4. The van der Waals surface area contributed by atoms with Crippen molar-refractivity contribution < 1.29 is 14.3 Å². The zero-order chi connectivity index (χ0) is 19.4. The SMILES string of the molecule is CC(C)(C)OC(=O)Nc1snnc1C(=O)N[C@@H]1CCN(CC2CCCC2)C1. The summed E-state index contributed by atoms with van der Waals surface area (Å²) in [5, 5.41) is 9.79. The maximum atomic E-state index is 12.6. The van der Waals surface area contributed by atoms with E-state index in [9.17, 15) is 9.59 Å². The molecule has 0 aromatic carbocycles. The minimum absolute atomic E-state index is 0.106. The Morgan fingerprint density at radius 2 is 2.00 bits per heavy atom. The van der Waals surface area contributed by atoms with Gasteiger partial charge in [-0.15, -0.1) is 5.10 Å². The lowest BCUT2D eigenvalue weighted by atomic mass is 10.1. The van der Waals surface area contributed by atoms with Gasteiger partial charge in [0.1, 0.15) is 5.60 Å². The molecule has 2 heterocycles. The van der Waals surface area contributed by atoms with Crippen LogP contribution in [0.25, 0.3) is 0 Å². The van der Waals surface area contributed by atoms with Crippen LogP contribution < -0.4 is 10.6 Å². The van der Waals surface area contributed by atoms with E-state index in [0.717, 1.165) is 43.5 Å². The molecular formula is C18H29N5O3S. The highest BCUT2D eigenvalue weighted by Crippen LogP contribution is 2.27. The fraction of sp³-hybridized carbons (Fsp3) is 0.778. The van der Waals surface area contributed by atoms with Gasteiger partial charge in [-0.2, -0.15) is 0 Å². The van der Waals surface area contributed by atoms with Gasteiger partial charge in [0, 0.05) is 37.2 Å². The van der Waals surface area contributed by atoms with E-state index in [0.29, 0.717) is 5.00 Å². The van der Waals surface area contributed by atoms with Crippen LogP contribution in [-0.4, -0.2) is 57.8 Å². The number of nitrogens with zero attached hydrogens (tertiary/aromatic N) is 3. The molecule has 2 fully saturated rings. The molecular weight excluding hydrogens is 366 g/mol. The van der Waals surface area contributed by atoms with Crippen LogP contribution in [0.5, 0.6) is 0 Å². The van der Waals surface area contributed by atoms with Gasteiger partial charge < -0.3 is 15.0 Å². The molecule has 0 bridgehead atoms. The lowest BCUT2D eigenvalue weighted by molar-refractivity contribution is 0.0636. The van der Waals surface area contributed by atoms with E-state index in [2.05, 4.69) is 25.1 Å². The standard InChI is InChI=1S/C18H29N5O3S/c1-18(2,3)26-17(25)20-16-14(21-22-27-16)15(24)19-13-8-9-23(11-13)10-12-6-4-5-7-12/h12-13H,4-11H2,1-3H3,(H,19,24)(H,20,25)/t13-/m1/s1. The van der Waals surface area contributed by atoms with Crippen LogP contribution in [0.4, 0.5) is 9.80 Å². The van der Waals surface area contributed by atoms with Gasteiger partial charge in [0.05, 0.1) is 0 Å². The molecule has 9 heteroatoms. The second-order valence-corrected chi connectivity index (χ2v) is 9.20. The van der Waals surface area contributed by atoms with Crippen LogP contribution in [-0.2, 0) is 4.74 Å². The summed E-state index contributed by atoms with van der Waals surface area (Å²) in [4.78, 5) is 27.0. The van der Waals surface area contributed by atoms with Gasteiger partial charge in [-0.05, 0) is 46.0 Å². The van der Waals surface area contributed by atoms with Crippen LogP contribution in [0, 0.1) is 5.92 Å². The monoisotopic (exact) mass is 395 g/mol. The van der Waals surface area contributed by atoms with Crippen molar-refractivity contribution in [3.8, 4) is 0 Å². The molecule has 27 heavy (non-hydrogen) atoms. The average Bonchev–Trinajstić information content (AvgIpc) is 3.28. The van der Waals surface area contributed by atoms with Gasteiger partial charge in [-0.3, -0.25) is 10.1 Å². The highest BCUT2D eigenvalue weighted by molar-refractivity contribution is 7.10. The Morgan fingerprint density at radius 3 is 2.70 bits per heavy atom. The lowest BCUT2D eigenvalue weighted by Gasteiger charge is -2.20. The second kappa shape index (κ2) is 8.52. The molecule has 1 aromatic rings. The van der Waals surface area contributed by atoms with E-state index >= 15 is 0 Å². The van der Waals surface area contributed by atoms with Crippen molar-refractivity contribution in [1.82, 2.24) is 19.8 Å². The van der Waals surface area contributed by atoms with E-state index in [4.69, 9.17) is 4.74 Å². The van der Waals surface area contributed by atoms with Crippen molar-refractivity contribution in [2.75, 3.05) is 25.0 Å². The zero-order valence-corrected chi connectivity index (χ0v) is 17.1. The largest absolute Gasteiger partial charge is 0.444 e. The highest BCUT2D eigenvalue weighted by Gasteiger charge is 2.29. The molecule has 2 amide bonds. The number of hydrogen-bond donors (Lipinski definition) is 2. The minimum Gasteiger partial charge on any atom is -0.444 e. The van der Waals surface area contributed by atoms with E-state index in [-0.39, 0.29) is 17.6 Å². The number of carbonyl (C=O) groups is 2. The summed E-state index contributed by atoms with van der Waals surface area (Å²) in [5.74, 6) is 0.509. The predicted octanol–water partition coefficient (Wildman–Crippen LogP) is 2.88. The number of likely N-dealkylation sites (tertiary alicyclic amines) is 1. The molecule has 2 N–H and O–H groups in total. The van der Waals surface area contributed by atoms with Crippen molar-refractivity contribution in [3.63, 3.8) is 0 Å². The van der Waals surface area contributed by atoms with Gasteiger partial charge in [0.15, 0.2) is 10.7 Å². The van der Waals surface area contributed by atoms with Gasteiger partial charge >= 0.3 is 6.09 Å². The van der Waals surface area contributed by atoms with Crippen LogP contribution in [0.3, 0.4) is 0 Å². The molecule has 1 saturated heterocycles. The van der Waals surface area contributed by atoms with E-state index in [1.807, 2.05) is 0 Å². The van der Waals surface area contributed by atoms with E-state index in [1.165, 1.54) is 25.7 Å². The molecule has 8 nitrogen and oxygen atoms in total. The number of anilines is 1.